The first-order chi connectivity index (χ1) is 9.45. The monoisotopic (exact) mass is 266 g/mol. The van der Waals surface area contributed by atoms with Crippen molar-refractivity contribution in [2.24, 2.45) is 5.92 Å². The third-order valence-electron chi connectivity index (χ3n) is 4.88. The van der Waals surface area contributed by atoms with E-state index in [0.717, 1.165) is 5.92 Å². The van der Waals surface area contributed by atoms with Gasteiger partial charge in [0.05, 0.1) is 0 Å². The Balaban J connectivity index is 1.88. The summed E-state index contributed by atoms with van der Waals surface area (Å²) in [5.74, 6) is 1.37. The molecule has 0 saturated heterocycles. The molecule has 1 saturated carbocycles. The Kier molecular flexibility index (Phi) is 3.36. The lowest BCUT2D eigenvalue weighted by molar-refractivity contribution is 0.480. The molecule has 0 radical (unpaired) electrons. The summed E-state index contributed by atoms with van der Waals surface area (Å²) in [6.07, 6.45) is 8.92. The van der Waals surface area contributed by atoms with Gasteiger partial charge in [0, 0.05) is 5.92 Å². The number of rotatable bonds is 1. The lowest BCUT2D eigenvalue weighted by Gasteiger charge is -2.30. The average Bonchev–Trinajstić information content (AvgIpc) is 2.78. The van der Waals surface area contributed by atoms with E-state index in [4.69, 9.17) is 0 Å². The van der Waals surface area contributed by atoms with Gasteiger partial charge >= 0.3 is 0 Å². The van der Waals surface area contributed by atoms with E-state index in [-0.39, 0.29) is 5.41 Å². The summed E-state index contributed by atoms with van der Waals surface area (Å²) >= 11 is 0. The number of hydrogen-bond acceptors (Lipinski definition) is 0. The van der Waals surface area contributed by atoms with Crippen molar-refractivity contribution >= 4 is 0 Å². The summed E-state index contributed by atoms with van der Waals surface area (Å²) in [6, 6.07) is 9.38. The predicted octanol–water partition coefficient (Wildman–Crippen LogP) is 5.75. The minimum Gasteiger partial charge on any atom is -0.0744 e. The molecule has 0 aromatic heterocycles. The lowest BCUT2D eigenvalue weighted by atomic mass is 9.74. The summed E-state index contributed by atoms with van der Waals surface area (Å²) in [4.78, 5) is 0. The van der Waals surface area contributed by atoms with Crippen LogP contribution in [0, 0.1) is 5.92 Å². The molecule has 0 spiro atoms. The van der Waals surface area contributed by atoms with Crippen molar-refractivity contribution in [3.05, 3.63) is 58.7 Å². The summed E-state index contributed by atoms with van der Waals surface area (Å²) in [5, 5.41) is 0. The van der Waals surface area contributed by atoms with Gasteiger partial charge in [-0.1, -0.05) is 74.8 Å². The fraction of sp³-hybridized carbons (Fsp3) is 0.500. The van der Waals surface area contributed by atoms with Gasteiger partial charge < -0.3 is 0 Å². The topological polar surface area (TPSA) is 0 Å². The highest BCUT2D eigenvalue weighted by molar-refractivity contribution is 5.43. The highest BCUT2D eigenvalue weighted by Gasteiger charge is 2.30. The molecule has 0 N–H and O–H groups in total. The zero-order chi connectivity index (χ0) is 14.3. The van der Waals surface area contributed by atoms with Crippen LogP contribution in [-0.2, 0) is 5.41 Å². The second kappa shape index (κ2) is 4.91. The summed E-state index contributed by atoms with van der Waals surface area (Å²) in [7, 11) is 0. The number of benzene rings is 1. The molecule has 1 aromatic rings. The van der Waals surface area contributed by atoms with Gasteiger partial charge in [0.25, 0.3) is 0 Å². The van der Waals surface area contributed by atoms with Crippen molar-refractivity contribution in [2.75, 3.05) is 0 Å². The molecule has 20 heavy (non-hydrogen) atoms. The second-order valence-corrected chi connectivity index (χ2v) is 7.52. The maximum absolute atomic E-state index is 2.46. The zero-order valence-corrected chi connectivity index (χ0v) is 13.2. The molecule has 1 aromatic carbocycles. The third kappa shape index (κ3) is 2.49. The Bertz CT molecular complexity index is 549. The van der Waals surface area contributed by atoms with Crippen LogP contribution in [-0.4, -0.2) is 0 Å². The molecule has 0 amide bonds. The van der Waals surface area contributed by atoms with Gasteiger partial charge in [-0.3, -0.25) is 0 Å². The molecule has 2 atom stereocenters. The van der Waals surface area contributed by atoms with Gasteiger partial charge in [0.15, 0.2) is 0 Å². The molecule has 0 heterocycles. The smallest absolute Gasteiger partial charge is 0.00572 e. The van der Waals surface area contributed by atoms with Crippen LogP contribution in [0.25, 0.3) is 0 Å². The van der Waals surface area contributed by atoms with E-state index in [1.165, 1.54) is 36.0 Å². The van der Waals surface area contributed by atoms with Crippen molar-refractivity contribution < 1.29 is 0 Å². The Labute approximate surface area is 123 Å². The van der Waals surface area contributed by atoms with Gasteiger partial charge in [0.2, 0.25) is 0 Å². The molecular weight excluding hydrogens is 240 g/mol. The van der Waals surface area contributed by atoms with Gasteiger partial charge in [-0.2, -0.15) is 0 Å². The minimum atomic E-state index is 0.248. The molecule has 2 aliphatic carbocycles. The van der Waals surface area contributed by atoms with Gasteiger partial charge in [-0.25, -0.2) is 0 Å². The molecule has 1 fully saturated rings. The van der Waals surface area contributed by atoms with Crippen LogP contribution >= 0.6 is 0 Å². The largest absolute Gasteiger partial charge is 0.0744 e. The van der Waals surface area contributed by atoms with Crippen LogP contribution in [0.4, 0.5) is 0 Å². The molecule has 3 rings (SSSR count). The van der Waals surface area contributed by atoms with Crippen LogP contribution in [0.1, 0.15) is 64.0 Å². The molecule has 0 bridgehead atoms. The van der Waals surface area contributed by atoms with Crippen molar-refractivity contribution in [1.82, 2.24) is 0 Å². The van der Waals surface area contributed by atoms with E-state index >= 15 is 0 Å². The number of hydrogen-bond donors (Lipinski definition) is 0. The first-order valence-electron chi connectivity index (χ1n) is 7.95. The molecule has 2 aliphatic rings. The van der Waals surface area contributed by atoms with Crippen molar-refractivity contribution in [3.63, 3.8) is 0 Å². The first-order valence-corrected chi connectivity index (χ1v) is 7.95. The molecule has 0 heteroatoms. The minimum absolute atomic E-state index is 0.248. The zero-order valence-electron chi connectivity index (χ0n) is 13.2. The summed E-state index contributed by atoms with van der Waals surface area (Å²) in [5.41, 5.74) is 6.32. The van der Waals surface area contributed by atoms with E-state index in [1.54, 1.807) is 5.57 Å². The van der Waals surface area contributed by atoms with Crippen LogP contribution in [0.2, 0.25) is 0 Å². The predicted molar refractivity (Wildman–Crippen MR) is 87.1 cm³/mol. The van der Waals surface area contributed by atoms with E-state index in [0.29, 0.717) is 5.92 Å². The fourth-order valence-corrected chi connectivity index (χ4v) is 3.72. The first kappa shape index (κ1) is 13.7. The Hall–Kier alpha value is -1.30. The highest BCUT2D eigenvalue weighted by Crippen LogP contribution is 2.45. The van der Waals surface area contributed by atoms with E-state index in [9.17, 15) is 0 Å². The number of fused-ring (bicyclic) bond motifs is 1. The van der Waals surface area contributed by atoms with E-state index < -0.39 is 0 Å². The summed E-state index contributed by atoms with van der Waals surface area (Å²) < 4.78 is 0. The summed E-state index contributed by atoms with van der Waals surface area (Å²) in [6.45, 7) is 9.09. The van der Waals surface area contributed by atoms with Gasteiger partial charge in [0.1, 0.15) is 0 Å². The lowest BCUT2D eigenvalue weighted by Crippen LogP contribution is -2.15. The van der Waals surface area contributed by atoms with Crippen LogP contribution in [0.3, 0.4) is 0 Å². The van der Waals surface area contributed by atoms with Crippen LogP contribution in [0.15, 0.2) is 47.6 Å². The van der Waals surface area contributed by atoms with Crippen molar-refractivity contribution in [2.45, 2.75) is 58.3 Å². The molecule has 2 unspecified atom stereocenters. The van der Waals surface area contributed by atoms with Crippen molar-refractivity contribution in [3.8, 4) is 0 Å². The standard InChI is InChI=1S/C20H26/c1-14-12-16-6-5-7-18(19(16)13-14)15-8-10-17(11-9-15)20(2,3)4/h8-13,16,18H,5-7H2,1-4H3. The van der Waals surface area contributed by atoms with Gasteiger partial charge in [-0.05, 0) is 42.2 Å². The van der Waals surface area contributed by atoms with Gasteiger partial charge in [-0.15, -0.1) is 0 Å². The quantitative estimate of drug-likeness (QED) is 0.606. The van der Waals surface area contributed by atoms with Crippen LogP contribution < -0.4 is 0 Å². The fourth-order valence-electron chi connectivity index (χ4n) is 3.72. The number of allylic oxidation sites excluding steroid dienone is 4. The Morgan fingerprint density at radius 3 is 2.35 bits per heavy atom. The second-order valence-electron chi connectivity index (χ2n) is 7.52. The maximum Gasteiger partial charge on any atom is 0.00572 e. The molecular formula is C20H26. The maximum atomic E-state index is 2.46. The molecule has 106 valence electrons. The van der Waals surface area contributed by atoms with Crippen molar-refractivity contribution in [1.29, 1.82) is 0 Å². The highest BCUT2D eigenvalue weighted by atomic mass is 14.3. The van der Waals surface area contributed by atoms with E-state index in [1.807, 2.05) is 0 Å². The normalized spacial score (nSPS) is 26.0. The average molecular weight is 266 g/mol. The molecule has 0 nitrogen and oxygen atoms in total. The molecule has 0 aliphatic heterocycles. The van der Waals surface area contributed by atoms with Crippen LogP contribution in [0.5, 0.6) is 0 Å². The Morgan fingerprint density at radius 2 is 1.70 bits per heavy atom. The van der Waals surface area contributed by atoms with E-state index in [2.05, 4.69) is 64.1 Å². The SMILES string of the molecule is CC1=CC2CCCC(c3ccc(C(C)(C)C)cc3)C2=C1. The Morgan fingerprint density at radius 1 is 1.00 bits per heavy atom. The third-order valence-corrected chi connectivity index (χ3v) is 4.88.